The highest BCUT2D eigenvalue weighted by Gasteiger charge is 2.25. The number of methoxy groups -OCH3 is 1. The van der Waals surface area contributed by atoms with Crippen LogP contribution in [0.2, 0.25) is 0 Å². The van der Waals surface area contributed by atoms with Crippen molar-refractivity contribution in [2.45, 2.75) is 25.9 Å². The monoisotopic (exact) mass is 317 g/mol. The molecule has 0 saturated carbocycles. The number of hydrogen-bond donors (Lipinski definition) is 1. The van der Waals surface area contributed by atoms with E-state index in [2.05, 4.69) is 21.7 Å². The van der Waals surface area contributed by atoms with Crippen molar-refractivity contribution in [3.05, 3.63) is 40.2 Å². The largest absolute Gasteiger partial charge is 0.481 e. The second-order valence-corrected chi connectivity index (χ2v) is 6.33. The highest BCUT2D eigenvalue weighted by molar-refractivity contribution is 7.10. The van der Waals surface area contributed by atoms with E-state index in [1.807, 2.05) is 17.9 Å². The summed E-state index contributed by atoms with van der Waals surface area (Å²) in [6.07, 6.45) is 2.63. The van der Waals surface area contributed by atoms with Crippen LogP contribution in [-0.2, 0) is 17.8 Å². The number of amides is 1. The molecule has 2 aromatic rings. The van der Waals surface area contributed by atoms with Crippen LogP contribution < -0.4 is 10.1 Å². The third kappa shape index (κ3) is 3.06. The van der Waals surface area contributed by atoms with Gasteiger partial charge in [-0.3, -0.25) is 4.79 Å². The Kier molecular flexibility index (Phi) is 4.29. The average Bonchev–Trinajstić information content (AvgIpc) is 3.02. The molecule has 1 N–H and O–H groups in total. The SMILES string of the molecule is COc1ccc(N[C@@H](C)C(=O)N2CCc3sccc3C2)cn1. The minimum atomic E-state index is -0.282. The summed E-state index contributed by atoms with van der Waals surface area (Å²) in [5, 5.41) is 5.30. The van der Waals surface area contributed by atoms with Crippen LogP contribution in [0.5, 0.6) is 5.88 Å². The molecule has 1 aliphatic heterocycles. The van der Waals surface area contributed by atoms with Gasteiger partial charge >= 0.3 is 0 Å². The van der Waals surface area contributed by atoms with Crippen LogP contribution >= 0.6 is 11.3 Å². The fourth-order valence-corrected chi connectivity index (χ4v) is 3.50. The van der Waals surface area contributed by atoms with Gasteiger partial charge in [-0.25, -0.2) is 4.98 Å². The Balaban J connectivity index is 1.62. The van der Waals surface area contributed by atoms with E-state index >= 15 is 0 Å². The van der Waals surface area contributed by atoms with Gasteiger partial charge in [-0.1, -0.05) is 0 Å². The lowest BCUT2D eigenvalue weighted by Gasteiger charge is -2.30. The van der Waals surface area contributed by atoms with Crippen molar-refractivity contribution in [3.63, 3.8) is 0 Å². The van der Waals surface area contributed by atoms with Crippen molar-refractivity contribution in [1.29, 1.82) is 0 Å². The van der Waals surface area contributed by atoms with Gasteiger partial charge in [-0.05, 0) is 36.4 Å². The van der Waals surface area contributed by atoms with Gasteiger partial charge in [0.2, 0.25) is 11.8 Å². The summed E-state index contributed by atoms with van der Waals surface area (Å²) < 4.78 is 5.03. The predicted octanol–water partition coefficient (Wildman–Crippen LogP) is 2.54. The zero-order valence-electron chi connectivity index (χ0n) is 12.7. The van der Waals surface area contributed by atoms with E-state index in [1.165, 1.54) is 10.4 Å². The minimum absolute atomic E-state index is 0.118. The summed E-state index contributed by atoms with van der Waals surface area (Å²) in [5.74, 6) is 0.679. The predicted molar refractivity (Wildman–Crippen MR) is 87.3 cm³/mol. The number of carbonyl (C=O) groups is 1. The molecule has 22 heavy (non-hydrogen) atoms. The standard InChI is InChI=1S/C16H19N3O2S/c1-11(18-13-3-4-15(21-2)17-9-13)16(20)19-7-5-14-12(10-19)6-8-22-14/h3-4,6,8-9,11,18H,5,7,10H2,1-2H3/t11-/m0/s1. The van der Waals surface area contributed by atoms with Crippen molar-refractivity contribution in [3.8, 4) is 5.88 Å². The number of nitrogens with zero attached hydrogens (tertiary/aromatic N) is 2. The van der Waals surface area contributed by atoms with Crippen molar-refractivity contribution >= 4 is 22.9 Å². The Morgan fingerprint density at radius 2 is 2.32 bits per heavy atom. The number of aromatic nitrogens is 1. The summed E-state index contributed by atoms with van der Waals surface area (Å²) in [6.45, 7) is 3.39. The van der Waals surface area contributed by atoms with E-state index < -0.39 is 0 Å². The number of fused-ring (bicyclic) bond motifs is 1. The number of pyridine rings is 1. The first-order valence-corrected chi connectivity index (χ1v) is 8.16. The molecule has 0 aliphatic carbocycles. The fourth-order valence-electron chi connectivity index (χ4n) is 2.61. The van der Waals surface area contributed by atoms with Crippen LogP contribution in [-0.4, -0.2) is 35.5 Å². The van der Waals surface area contributed by atoms with E-state index in [1.54, 1.807) is 30.7 Å². The second-order valence-electron chi connectivity index (χ2n) is 5.33. The van der Waals surface area contributed by atoms with Crippen LogP contribution in [0.15, 0.2) is 29.8 Å². The van der Waals surface area contributed by atoms with Crippen molar-refractivity contribution in [2.24, 2.45) is 0 Å². The number of nitrogens with one attached hydrogen (secondary N) is 1. The van der Waals surface area contributed by atoms with Crippen molar-refractivity contribution in [2.75, 3.05) is 19.0 Å². The molecular formula is C16H19N3O2S. The van der Waals surface area contributed by atoms with Gasteiger partial charge in [0.05, 0.1) is 19.0 Å². The van der Waals surface area contributed by atoms with Crippen LogP contribution in [0.1, 0.15) is 17.4 Å². The molecule has 5 nitrogen and oxygen atoms in total. The number of hydrogen-bond acceptors (Lipinski definition) is 5. The number of ether oxygens (including phenoxy) is 1. The number of thiophene rings is 1. The molecule has 6 heteroatoms. The van der Waals surface area contributed by atoms with Gasteiger partial charge in [0.15, 0.2) is 0 Å². The Morgan fingerprint density at radius 3 is 3.05 bits per heavy atom. The molecule has 0 unspecified atom stereocenters. The topological polar surface area (TPSA) is 54.5 Å². The second kappa shape index (κ2) is 6.36. The molecule has 2 aromatic heterocycles. The molecule has 0 fully saturated rings. The van der Waals surface area contributed by atoms with E-state index in [-0.39, 0.29) is 11.9 Å². The Morgan fingerprint density at radius 1 is 1.45 bits per heavy atom. The quantitative estimate of drug-likeness (QED) is 0.941. The van der Waals surface area contributed by atoms with Crippen molar-refractivity contribution in [1.82, 2.24) is 9.88 Å². The molecular weight excluding hydrogens is 298 g/mol. The normalized spacial score (nSPS) is 15.1. The van der Waals surface area contributed by atoms with Gasteiger partial charge < -0.3 is 15.0 Å². The van der Waals surface area contributed by atoms with Gasteiger partial charge in [0.25, 0.3) is 0 Å². The molecule has 1 atom stereocenters. The Bertz CT molecular complexity index is 654. The highest BCUT2D eigenvalue weighted by atomic mass is 32.1. The first-order valence-electron chi connectivity index (χ1n) is 7.28. The van der Waals surface area contributed by atoms with E-state index in [0.29, 0.717) is 12.4 Å². The molecule has 3 rings (SSSR count). The lowest BCUT2D eigenvalue weighted by Crippen LogP contribution is -2.43. The molecule has 0 bridgehead atoms. The smallest absolute Gasteiger partial charge is 0.245 e. The van der Waals surface area contributed by atoms with E-state index in [4.69, 9.17) is 4.74 Å². The first-order chi connectivity index (χ1) is 10.7. The first kappa shape index (κ1) is 14.8. The molecule has 0 aromatic carbocycles. The van der Waals surface area contributed by atoms with Gasteiger partial charge in [0, 0.05) is 24.0 Å². The number of anilines is 1. The fraction of sp³-hybridized carbons (Fsp3) is 0.375. The lowest BCUT2D eigenvalue weighted by molar-refractivity contribution is -0.132. The summed E-state index contributed by atoms with van der Waals surface area (Å²) in [7, 11) is 1.58. The molecule has 0 radical (unpaired) electrons. The average molecular weight is 317 g/mol. The van der Waals surface area contributed by atoms with Gasteiger partial charge in [-0.2, -0.15) is 0 Å². The summed E-state index contributed by atoms with van der Waals surface area (Å²) in [5.41, 5.74) is 2.10. The molecule has 116 valence electrons. The van der Waals surface area contributed by atoms with Crippen LogP contribution in [0.25, 0.3) is 0 Å². The lowest BCUT2D eigenvalue weighted by atomic mass is 10.1. The summed E-state index contributed by atoms with van der Waals surface area (Å²) >= 11 is 1.78. The van der Waals surface area contributed by atoms with E-state index in [9.17, 15) is 4.79 Å². The third-order valence-electron chi connectivity index (χ3n) is 3.82. The maximum Gasteiger partial charge on any atom is 0.245 e. The van der Waals surface area contributed by atoms with Crippen LogP contribution in [0, 0.1) is 0 Å². The maximum absolute atomic E-state index is 12.6. The highest BCUT2D eigenvalue weighted by Crippen LogP contribution is 2.24. The Labute approximate surface area is 133 Å². The van der Waals surface area contributed by atoms with E-state index in [0.717, 1.165) is 18.7 Å². The molecule has 0 spiro atoms. The summed E-state index contributed by atoms with van der Waals surface area (Å²) in [6, 6.07) is 5.47. The Hall–Kier alpha value is -2.08. The van der Waals surface area contributed by atoms with Gasteiger partial charge in [0.1, 0.15) is 6.04 Å². The molecule has 1 aliphatic rings. The molecule has 3 heterocycles. The number of carbonyl (C=O) groups excluding carboxylic acids is 1. The minimum Gasteiger partial charge on any atom is -0.481 e. The van der Waals surface area contributed by atoms with Gasteiger partial charge in [-0.15, -0.1) is 11.3 Å². The zero-order valence-corrected chi connectivity index (χ0v) is 13.5. The third-order valence-corrected chi connectivity index (χ3v) is 4.84. The maximum atomic E-state index is 12.6. The van der Waals surface area contributed by atoms with Crippen molar-refractivity contribution < 1.29 is 9.53 Å². The summed E-state index contributed by atoms with van der Waals surface area (Å²) in [4.78, 5) is 20.0. The zero-order chi connectivity index (χ0) is 15.5. The molecule has 1 amide bonds. The van der Waals surface area contributed by atoms with Crippen LogP contribution in [0.3, 0.4) is 0 Å². The molecule has 0 saturated heterocycles. The van der Waals surface area contributed by atoms with Crippen LogP contribution in [0.4, 0.5) is 5.69 Å². The number of rotatable bonds is 4.